The van der Waals surface area contributed by atoms with Gasteiger partial charge in [-0.05, 0) is 0 Å². The molecule has 0 amide bonds. The zero-order valence-corrected chi connectivity index (χ0v) is 24.4. The molecule has 0 aliphatic carbocycles. The zero-order valence-electron chi connectivity index (χ0n) is 22.4. The van der Waals surface area contributed by atoms with E-state index < -0.39 is 0 Å². The zero-order chi connectivity index (χ0) is 28.2. The van der Waals surface area contributed by atoms with E-state index in [0.717, 1.165) is 43.8 Å². The van der Waals surface area contributed by atoms with Gasteiger partial charge >= 0.3 is 16.6 Å². The number of hydrogen-bond acceptors (Lipinski definition) is 7. The van der Waals surface area contributed by atoms with Crippen molar-refractivity contribution in [2.24, 2.45) is 0 Å². The van der Waals surface area contributed by atoms with Crippen LogP contribution in [0.25, 0.3) is 89.7 Å². The summed E-state index contributed by atoms with van der Waals surface area (Å²) in [5.74, 6) is 2.39. The number of nitrogens with zero attached hydrogens (tertiary/aromatic N) is 6. The molecule has 4 aromatic carbocycles. The van der Waals surface area contributed by atoms with Gasteiger partial charge in [-0.1, -0.05) is 97.1 Å². The predicted molar refractivity (Wildman–Crippen MR) is 167 cm³/mol. The molecule has 2 aliphatic heterocycles. The van der Waals surface area contributed by atoms with E-state index in [9.17, 15) is 0 Å². The summed E-state index contributed by atoms with van der Waals surface area (Å²) in [5.41, 5.74) is 6.45. The van der Waals surface area contributed by atoms with Gasteiger partial charge in [0.1, 0.15) is 22.6 Å². The van der Waals surface area contributed by atoms with E-state index in [1.807, 2.05) is 97.1 Å². The molecule has 2 aliphatic rings. The third-order valence-corrected chi connectivity index (χ3v) is 7.46. The Morgan fingerprint density at radius 2 is 0.595 bits per heavy atom. The second-order valence-corrected chi connectivity index (χ2v) is 9.79. The van der Waals surface area contributed by atoms with Crippen LogP contribution in [0.3, 0.4) is 0 Å². The fourth-order valence-electron chi connectivity index (χ4n) is 5.59. The summed E-state index contributed by atoms with van der Waals surface area (Å²) < 4.78 is 7.14. The lowest BCUT2D eigenvalue weighted by molar-refractivity contribution is 0.629. The van der Waals surface area contributed by atoms with E-state index in [-0.39, 0.29) is 0 Å². The summed E-state index contributed by atoms with van der Waals surface area (Å²) in [6.45, 7) is 0. The first kappa shape index (κ1) is 24.5. The third kappa shape index (κ3) is 3.74. The normalized spacial score (nSPS) is 11.5. The number of aromatic amines is 2. The van der Waals surface area contributed by atoms with E-state index in [1.165, 1.54) is 0 Å². The third-order valence-electron chi connectivity index (χ3n) is 7.46. The van der Waals surface area contributed by atoms with Crippen molar-refractivity contribution in [3.05, 3.63) is 97.1 Å². The van der Waals surface area contributed by atoms with Crippen molar-refractivity contribution in [1.29, 1.82) is 0 Å². The van der Waals surface area contributed by atoms with Crippen LogP contribution in [-0.2, 0) is 0 Å². The number of fused-ring (bicyclic) bond motifs is 20. The Labute approximate surface area is 246 Å². The molecule has 0 atom stereocenters. The number of nitrogens with one attached hydrogen (secondary N) is 2. The van der Waals surface area contributed by atoms with Crippen molar-refractivity contribution in [2.75, 3.05) is 0 Å². The summed E-state index contributed by atoms with van der Waals surface area (Å²) in [6, 6.07) is 32.2. The SMILES string of the molecule is [OH][AlH2].c1ccc2c(c1)-c1nc-2nc2[nH]c(nc3nc(nc4[nH]c(n1)c1ccccc41)-c1ccccc1-3)c1ccccc21. The molecule has 8 bridgehead atoms. The minimum Gasteiger partial charge on any atom is -0.521 e. The molecule has 0 saturated heterocycles. The van der Waals surface area contributed by atoms with Crippen molar-refractivity contribution in [2.45, 2.75) is 0 Å². The van der Waals surface area contributed by atoms with E-state index in [1.54, 1.807) is 0 Å². The molecule has 9 nitrogen and oxygen atoms in total. The first-order chi connectivity index (χ1) is 20.8. The highest BCUT2D eigenvalue weighted by Gasteiger charge is 2.21. The summed E-state index contributed by atoms with van der Waals surface area (Å²) in [6.07, 6.45) is 0. The molecular weight excluding hydrogens is 539 g/mol. The van der Waals surface area contributed by atoms with E-state index in [4.69, 9.17) is 34.1 Å². The highest BCUT2D eigenvalue weighted by Crippen LogP contribution is 2.36. The minimum atomic E-state index is 0.306. The predicted octanol–water partition coefficient (Wildman–Crippen LogP) is 5.40. The average Bonchev–Trinajstić information content (AvgIpc) is 3.78. The lowest BCUT2D eigenvalue weighted by Gasteiger charge is -1.96. The van der Waals surface area contributed by atoms with Gasteiger partial charge in [0.05, 0.1) is 0 Å². The minimum absolute atomic E-state index is 0.306. The molecule has 42 heavy (non-hydrogen) atoms. The molecule has 9 rings (SSSR count). The van der Waals surface area contributed by atoms with Gasteiger partial charge in [0.25, 0.3) is 0 Å². The fraction of sp³-hybridized carbons (Fsp3) is 0. The topological polar surface area (TPSA) is 129 Å². The second kappa shape index (κ2) is 9.68. The maximum Gasteiger partial charge on any atom is 0.407 e. The Morgan fingerprint density at radius 3 is 0.857 bits per heavy atom. The summed E-state index contributed by atoms with van der Waals surface area (Å²) >= 11 is 0.306. The van der Waals surface area contributed by atoms with Crippen LogP contribution < -0.4 is 0 Å². The smallest absolute Gasteiger partial charge is 0.407 e. The van der Waals surface area contributed by atoms with Gasteiger partial charge in [0.2, 0.25) is 0 Å². The van der Waals surface area contributed by atoms with Gasteiger partial charge in [-0.2, -0.15) is 0 Å². The molecule has 3 N–H and O–H groups in total. The summed E-state index contributed by atoms with van der Waals surface area (Å²) in [4.78, 5) is 36.8. The molecule has 5 heterocycles. The highest BCUT2D eigenvalue weighted by molar-refractivity contribution is 6.06. The van der Waals surface area contributed by atoms with Crippen LogP contribution in [0.1, 0.15) is 0 Å². The quantitative estimate of drug-likeness (QED) is 0.212. The Bertz CT molecular complexity index is 2040. The maximum atomic E-state index is 7.14. The van der Waals surface area contributed by atoms with E-state index in [2.05, 4.69) is 9.97 Å². The number of rotatable bonds is 0. The van der Waals surface area contributed by atoms with Crippen LogP contribution in [0.15, 0.2) is 97.1 Å². The molecule has 0 saturated carbocycles. The van der Waals surface area contributed by atoms with Crippen molar-refractivity contribution in [1.82, 2.24) is 39.9 Å². The van der Waals surface area contributed by atoms with Crippen molar-refractivity contribution >= 4 is 60.8 Å². The lowest BCUT2D eigenvalue weighted by atomic mass is 10.1. The van der Waals surface area contributed by atoms with Crippen LogP contribution in [0.4, 0.5) is 0 Å². The van der Waals surface area contributed by atoms with Gasteiger partial charge in [0, 0.05) is 43.8 Å². The maximum absolute atomic E-state index is 7.14. The largest absolute Gasteiger partial charge is 0.521 e. The van der Waals surface area contributed by atoms with E-state index in [0.29, 0.717) is 62.5 Å². The fourth-order valence-corrected chi connectivity index (χ4v) is 5.59. The van der Waals surface area contributed by atoms with Gasteiger partial charge in [-0.3, -0.25) is 0 Å². The molecular formula is C32H21AlN8O. The first-order valence-electron chi connectivity index (χ1n) is 13.4. The Morgan fingerprint density at radius 1 is 0.357 bits per heavy atom. The molecule has 0 spiro atoms. The van der Waals surface area contributed by atoms with Gasteiger partial charge < -0.3 is 14.1 Å². The summed E-state index contributed by atoms with van der Waals surface area (Å²) in [7, 11) is 0. The van der Waals surface area contributed by atoms with Crippen molar-refractivity contribution < 1.29 is 4.16 Å². The number of hydrogen-bond donors (Lipinski definition) is 3. The second-order valence-electron chi connectivity index (χ2n) is 9.79. The summed E-state index contributed by atoms with van der Waals surface area (Å²) in [5, 5.41) is 3.82. The highest BCUT2D eigenvalue weighted by atomic mass is 27.1. The van der Waals surface area contributed by atoms with Crippen molar-refractivity contribution in [3.8, 4) is 45.6 Å². The van der Waals surface area contributed by atoms with Crippen LogP contribution >= 0.6 is 0 Å². The van der Waals surface area contributed by atoms with Gasteiger partial charge in [-0.25, -0.2) is 29.9 Å². The van der Waals surface area contributed by atoms with Crippen LogP contribution in [-0.4, -0.2) is 60.7 Å². The van der Waals surface area contributed by atoms with Gasteiger partial charge in [0.15, 0.2) is 23.3 Å². The monoisotopic (exact) mass is 560 g/mol. The number of benzene rings is 4. The van der Waals surface area contributed by atoms with Gasteiger partial charge in [-0.15, -0.1) is 0 Å². The molecule has 0 fully saturated rings. The van der Waals surface area contributed by atoms with Crippen LogP contribution in [0.5, 0.6) is 0 Å². The number of aromatic nitrogens is 8. The average molecular weight is 561 g/mol. The van der Waals surface area contributed by atoms with Crippen molar-refractivity contribution in [3.63, 3.8) is 0 Å². The Kier molecular flexibility index (Phi) is 5.65. The number of H-pyrrole nitrogens is 2. The lowest BCUT2D eigenvalue weighted by Crippen LogP contribution is -1.82. The Balaban J connectivity index is 0.00000131. The molecule has 198 valence electrons. The molecule has 7 aromatic rings. The first-order valence-corrected chi connectivity index (χ1v) is 14.3. The standard InChI is InChI=1S/C32H18N8.Al.H2O.2H/c1-2-10-18-17(9-1)25-33-26(18)38-28-21-13-5-6-14-22(21)30(35-28)40-32-24-16-8-7-15-23(24)31(36-32)39-29-20-12-4-3-11-19(20)27(34-29)37-25;;;;/h1-16H,(H2,33,34,35,36,37,38,39,40);;1H2;;/q;+1;;;/p-1. The molecule has 0 unspecified atom stereocenters. The molecule has 0 radical (unpaired) electrons. The van der Waals surface area contributed by atoms with Crippen LogP contribution in [0, 0.1) is 0 Å². The Hall–Kier alpha value is -5.27. The van der Waals surface area contributed by atoms with E-state index >= 15 is 0 Å². The molecule has 3 aromatic heterocycles. The van der Waals surface area contributed by atoms with Crippen LogP contribution in [0.2, 0.25) is 0 Å². The molecule has 10 heteroatoms.